The minimum Gasteiger partial charge on any atom is -0.357 e. The molecule has 2 unspecified atom stereocenters. The fourth-order valence-electron chi connectivity index (χ4n) is 3.02. The highest BCUT2D eigenvalue weighted by Gasteiger charge is 2.22. The van der Waals surface area contributed by atoms with E-state index in [0.717, 1.165) is 45.2 Å². The van der Waals surface area contributed by atoms with E-state index in [1.54, 1.807) is 0 Å². The van der Waals surface area contributed by atoms with Crippen LogP contribution in [0.4, 0.5) is 0 Å². The first-order valence-electron chi connectivity index (χ1n) is 9.51. The van der Waals surface area contributed by atoms with Crippen molar-refractivity contribution in [2.45, 2.75) is 52.5 Å². The molecule has 5 nitrogen and oxygen atoms in total. The smallest absolute Gasteiger partial charge is 0.191 e. The van der Waals surface area contributed by atoms with E-state index in [1.807, 2.05) is 0 Å². The first kappa shape index (κ1) is 20.2. The van der Waals surface area contributed by atoms with Gasteiger partial charge in [-0.25, -0.2) is 0 Å². The van der Waals surface area contributed by atoms with Crippen molar-refractivity contribution in [3.8, 4) is 0 Å². The van der Waals surface area contributed by atoms with E-state index in [0.29, 0.717) is 12.0 Å². The van der Waals surface area contributed by atoms with Crippen LogP contribution < -0.4 is 10.6 Å². The molecule has 5 heteroatoms. The molecule has 2 N–H and O–H groups in total. The lowest BCUT2D eigenvalue weighted by Crippen LogP contribution is -2.55. The Labute approximate surface area is 143 Å². The topological polar surface area (TPSA) is 42.9 Å². The predicted octanol–water partition coefficient (Wildman–Crippen LogP) is 2.00. The molecule has 1 aliphatic rings. The van der Waals surface area contributed by atoms with E-state index >= 15 is 0 Å². The summed E-state index contributed by atoms with van der Waals surface area (Å²) in [5.41, 5.74) is 0. The summed E-state index contributed by atoms with van der Waals surface area (Å²) in [7, 11) is 4.43. The molecule has 0 bridgehead atoms. The first-order chi connectivity index (χ1) is 11.1. The Balaban J connectivity index is 2.47. The maximum atomic E-state index is 4.83. The first-order valence-corrected chi connectivity index (χ1v) is 9.51. The Morgan fingerprint density at radius 2 is 1.96 bits per heavy atom. The zero-order valence-electron chi connectivity index (χ0n) is 16.1. The molecule has 2 atom stereocenters. The molecule has 0 aromatic heterocycles. The summed E-state index contributed by atoms with van der Waals surface area (Å²) in [6.07, 6.45) is 5.11. The van der Waals surface area contributed by atoms with Gasteiger partial charge in [0.25, 0.3) is 0 Å². The third-order valence-corrected chi connectivity index (χ3v) is 4.88. The zero-order valence-corrected chi connectivity index (χ0v) is 16.1. The largest absolute Gasteiger partial charge is 0.357 e. The molecule has 1 heterocycles. The van der Waals surface area contributed by atoms with Gasteiger partial charge < -0.3 is 15.5 Å². The van der Waals surface area contributed by atoms with Crippen LogP contribution in [0, 0.1) is 5.92 Å². The molecular formula is C18H39N5. The number of unbranched alkanes of at least 4 members (excludes halogenated alkanes) is 1. The number of aliphatic imine (C=N–C) groups is 1. The second-order valence-electron chi connectivity index (χ2n) is 6.91. The molecule has 0 aromatic rings. The Kier molecular flexibility index (Phi) is 10.3. The van der Waals surface area contributed by atoms with Crippen LogP contribution in [0.5, 0.6) is 0 Å². The Morgan fingerprint density at radius 1 is 1.17 bits per heavy atom. The van der Waals surface area contributed by atoms with Crippen molar-refractivity contribution in [2.75, 3.05) is 53.4 Å². The quantitative estimate of drug-likeness (QED) is 0.503. The van der Waals surface area contributed by atoms with Gasteiger partial charge in [0.05, 0.1) is 0 Å². The summed E-state index contributed by atoms with van der Waals surface area (Å²) in [6.45, 7) is 12.9. The van der Waals surface area contributed by atoms with Gasteiger partial charge in [-0.1, -0.05) is 33.1 Å². The van der Waals surface area contributed by atoms with Crippen molar-refractivity contribution in [1.29, 1.82) is 0 Å². The fraction of sp³-hybridized carbons (Fsp3) is 0.944. The molecule has 0 aromatic carbocycles. The van der Waals surface area contributed by atoms with Crippen LogP contribution in [-0.2, 0) is 0 Å². The van der Waals surface area contributed by atoms with Crippen molar-refractivity contribution in [3.05, 3.63) is 0 Å². The van der Waals surface area contributed by atoms with E-state index in [4.69, 9.17) is 4.99 Å². The Hall–Kier alpha value is -0.810. The minimum absolute atomic E-state index is 0.555. The van der Waals surface area contributed by atoms with Crippen LogP contribution >= 0.6 is 0 Å². The summed E-state index contributed by atoms with van der Waals surface area (Å²) in [6, 6.07) is 0.555. The van der Waals surface area contributed by atoms with Crippen LogP contribution in [0.25, 0.3) is 0 Å². The number of nitrogens with zero attached hydrogens (tertiary/aromatic N) is 3. The molecule has 0 saturated carbocycles. The summed E-state index contributed by atoms with van der Waals surface area (Å²) >= 11 is 0. The van der Waals surface area contributed by atoms with E-state index in [-0.39, 0.29) is 0 Å². The summed E-state index contributed by atoms with van der Waals surface area (Å²) in [5.74, 6) is 1.69. The van der Waals surface area contributed by atoms with Crippen molar-refractivity contribution < 1.29 is 0 Å². The van der Waals surface area contributed by atoms with Gasteiger partial charge in [0.1, 0.15) is 0 Å². The van der Waals surface area contributed by atoms with Crippen molar-refractivity contribution in [3.63, 3.8) is 0 Å². The molecular weight excluding hydrogens is 286 g/mol. The van der Waals surface area contributed by atoms with E-state index in [2.05, 4.69) is 55.3 Å². The SMILES string of the molecule is CCCCC(CC)CN=C(NCC)NCC1CN(C)CCN1C. The maximum absolute atomic E-state index is 4.83. The summed E-state index contributed by atoms with van der Waals surface area (Å²) in [5, 5.41) is 6.94. The van der Waals surface area contributed by atoms with E-state index in [1.165, 1.54) is 25.7 Å². The number of guanidine groups is 1. The highest BCUT2D eigenvalue weighted by atomic mass is 15.3. The highest BCUT2D eigenvalue weighted by molar-refractivity contribution is 5.79. The average molecular weight is 326 g/mol. The van der Waals surface area contributed by atoms with Crippen LogP contribution in [0.2, 0.25) is 0 Å². The maximum Gasteiger partial charge on any atom is 0.191 e. The standard InChI is InChI=1S/C18H39N5/c1-6-9-10-16(7-2)13-20-18(19-8-3)21-14-17-15-22(4)11-12-23(17)5/h16-17H,6-15H2,1-5H3,(H2,19,20,21). The zero-order chi connectivity index (χ0) is 17.1. The van der Waals surface area contributed by atoms with Gasteiger partial charge in [0.15, 0.2) is 5.96 Å². The number of likely N-dealkylation sites (N-methyl/N-ethyl adjacent to an activating group) is 2. The second kappa shape index (κ2) is 11.7. The van der Waals surface area contributed by atoms with Gasteiger partial charge in [0, 0.05) is 45.3 Å². The van der Waals surface area contributed by atoms with Crippen molar-refractivity contribution >= 4 is 5.96 Å². The Bertz CT molecular complexity index is 331. The molecule has 0 aliphatic carbocycles. The molecule has 136 valence electrons. The third-order valence-electron chi connectivity index (χ3n) is 4.88. The predicted molar refractivity (Wildman–Crippen MR) is 101 cm³/mol. The number of nitrogens with one attached hydrogen (secondary N) is 2. The average Bonchev–Trinajstić information content (AvgIpc) is 2.55. The van der Waals surface area contributed by atoms with Crippen LogP contribution in [0.3, 0.4) is 0 Å². The van der Waals surface area contributed by atoms with E-state index in [9.17, 15) is 0 Å². The number of rotatable bonds is 9. The lowest BCUT2D eigenvalue weighted by atomic mass is 10.00. The fourth-order valence-corrected chi connectivity index (χ4v) is 3.02. The molecule has 0 spiro atoms. The molecule has 1 fully saturated rings. The number of hydrogen-bond donors (Lipinski definition) is 2. The highest BCUT2D eigenvalue weighted by Crippen LogP contribution is 2.12. The van der Waals surface area contributed by atoms with Gasteiger partial charge in [-0.3, -0.25) is 9.89 Å². The van der Waals surface area contributed by atoms with Crippen molar-refractivity contribution in [2.24, 2.45) is 10.9 Å². The van der Waals surface area contributed by atoms with Gasteiger partial charge in [-0.2, -0.15) is 0 Å². The van der Waals surface area contributed by atoms with E-state index < -0.39 is 0 Å². The Morgan fingerprint density at radius 3 is 2.61 bits per heavy atom. The minimum atomic E-state index is 0.555. The molecule has 0 amide bonds. The van der Waals surface area contributed by atoms with Gasteiger partial charge in [0.2, 0.25) is 0 Å². The lowest BCUT2D eigenvalue weighted by molar-refractivity contribution is 0.116. The molecule has 1 aliphatic heterocycles. The number of hydrogen-bond acceptors (Lipinski definition) is 3. The summed E-state index contributed by atoms with van der Waals surface area (Å²) in [4.78, 5) is 9.69. The van der Waals surface area contributed by atoms with Crippen LogP contribution in [0.15, 0.2) is 4.99 Å². The third kappa shape index (κ3) is 8.02. The van der Waals surface area contributed by atoms with Gasteiger partial charge >= 0.3 is 0 Å². The monoisotopic (exact) mass is 325 g/mol. The lowest BCUT2D eigenvalue weighted by Gasteiger charge is -2.38. The van der Waals surface area contributed by atoms with Crippen LogP contribution in [-0.4, -0.2) is 75.2 Å². The van der Waals surface area contributed by atoms with Gasteiger partial charge in [-0.15, -0.1) is 0 Å². The van der Waals surface area contributed by atoms with Crippen molar-refractivity contribution in [1.82, 2.24) is 20.4 Å². The normalized spacial score (nSPS) is 22.1. The van der Waals surface area contributed by atoms with Gasteiger partial charge in [-0.05, 0) is 33.4 Å². The van der Waals surface area contributed by atoms with Crippen LogP contribution in [0.1, 0.15) is 46.5 Å². The molecule has 0 radical (unpaired) electrons. The summed E-state index contributed by atoms with van der Waals surface area (Å²) < 4.78 is 0. The number of piperazine rings is 1. The molecule has 23 heavy (non-hydrogen) atoms. The second-order valence-corrected chi connectivity index (χ2v) is 6.91. The molecule has 1 rings (SSSR count). The molecule has 1 saturated heterocycles.